The van der Waals surface area contributed by atoms with Crippen LogP contribution in [0.2, 0.25) is 0 Å². The van der Waals surface area contributed by atoms with Crippen LogP contribution in [-0.2, 0) is 13.0 Å². The smallest absolute Gasteiger partial charge is 0.205 e. The number of hydrogen-bond acceptors (Lipinski definition) is 5. The van der Waals surface area contributed by atoms with Gasteiger partial charge in [-0.15, -0.1) is 10.2 Å². The van der Waals surface area contributed by atoms with Crippen molar-refractivity contribution in [2.24, 2.45) is 0 Å². The van der Waals surface area contributed by atoms with E-state index in [1.165, 1.54) is 5.56 Å². The Morgan fingerprint density at radius 3 is 2.52 bits per heavy atom. The Kier molecular flexibility index (Phi) is 6.31. The van der Waals surface area contributed by atoms with Crippen LogP contribution >= 0.6 is 0 Å². The summed E-state index contributed by atoms with van der Waals surface area (Å²) in [4.78, 5) is 4.80. The molecule has 0 saturated heterocycles. The second-order valence-electron chi connectivity index (χ2n) is 7.60. The summed E-state index contributed by atoms with van der Waals surface area (Å²) in [7, 11) is 0. The summed E-state index contributed by atoms with van der Waals surface area (Å²) in [5.74, 6) is 2.87. The monoisotopic (exact) mass is 413 g/mol. The number of allylic oxidation sites excluding steroid dienone is 2. The first-order valence-electron chi connectivity index (χ1n) is 10.7. The topological polar surface area (TPSA) is 85.2 Å². The van der Waals surface area contributed by atoms with Crippen molar-refractivity contribution in [3.63, 3.8) is 0 Å². The van der Waals surface area contributed by atoms with Crippen LogP contribution in [0, 0.1) is 0 Å². The van der Waals surface area contributed by atoms with Gasteiger partial charge >= 0.3 is 0 Å². The molecule has 1 N–H and O–H groups in total. The lowest BCUT2D eigenvalue weighted by Crippen LogP contribution is -2.07. The first kappa shape index (κ1) is 20.7. The third-order valence-corrected chi connectivity index (χ3v) is 5.46. The summed E-state index contributed by atoms with van der Waals surface area (Å²) in [6.07, 6.45) is 5.99. The third kappa shape index (κ3) is 4.60. The molecule has 0 spiro atoms. The van der Waals surface area contributed by atoms with Crippen molar-refractivity contribution in [3.8, 4) is 22.5 Å². The molecule has 0 aliphatic rings. The van der Waals surface area contributed by atoms with Crippen LogP contribution in [0.15, 0.2) is 60.7 Å². The average molecular weight is 414 g/mol. The van der Waals surface area contributed by atoms with Crippen LogP contribution in [0.3, 0.4) is 0 Å². The SMILES string of the molecule is C/C=C/Cc1nc(C(C)CC)nn1Cc1ccc(-c2ccccc2-c2nn[nH]n2)cc1. The molecule has 0 saturated carbocycles. The van der Waals surface area contributed by atoms with Crippen LogP contribution in [0.4, 0.5) is 0 Å². The minimum Gasteiger partial charge on any atom is -0.245 e. The van der Waals surface area contributed by atoms with Crippen molar-refractivity contribution in [1.29, 1.82) is 0 Å². The molecule has 4 aromatic rings. The summed E-state index contributed by atoms with van der Waals surface area (Å²) in [5.41, 5.74) is 4.32. The van der Waals surface area contributed by atoms with Gasteiger partial charge in [0.05, 0.1) is 6.54 Å². The summed E-state index contributed by atoms with van der Waals surface area (Å²) in [5, 5.41) is 19.3. The van der Waals surface area contributed by atoms with Crippen molar-refractivity contribution >= 4 is 0 Å². The van der Waals surface area contributed by atoms with E-state index in [1.807, 2.05) is 29.8 Å². The molecule has 7 heteroatoms. The van der Waals surface area contributed by atoms with Crippen LogP contribution < -0.4 is 0 Å². The van der Waals surface area contributed by atoms with Gasteiger partial charge in [-0.05, 0) is 35.2 Å². The number of aromatic nitrogens is 7. The number of tetrazole rings is 1. The largest absolute Gasteiger partial charge is 0.245 e. The van der Waals surface area contributed by atoms with Crippen LogP contribution in [-0.4, -0.2) is 35.4 Å². The molecule has 31 heavy (non-hydrogen) atoms. The fraction of sp³-hybridized carbons (Fsp3) is 0.292. The van der Waals surface area contributed by atoms with E-state index in [0.29, 0.717) is 18.3 Å². The van der Waals surface area contributed by atoms with Gasteiger partial charge in [-0.25, -0.2) is 9.67 Å². The Bertz CT molecular complexity index is 1140. The molecule has 0 aliphatic heterocycles. The highest BCUT2D eigenvalue weighted by atomic mass is 15.5. The molecular formula is C24H27N7. The molecule has 2 heterocycles. The summed E-state index contributed by atoms with van der Waals surface area (Å²) < 4.78 is 2.03. The van der Waals surface area contributed by atoms with Gasteiger partial charge in [0.1, 0.15) is 5.82 Å². The number of hydrogen-bond donors (Lipinski definition) is 1. The minimum absolute atomic E-state index is 0.356. The normalized spacial score (nSPS) is 12.5. The lowest BCUT2D eigenvalue weighted by atomic mass is 9.98. The van der Waals surface area contributed by atoms with E-state index >= 15 is 0 Å². The molecule has 2 aromatic carbocycles. The van der Waals surface area contributed by atoms with Crippen molar-refractivity contribution in [2.45, 2.75) is 46.1 Å². The van der Waals surface area contributed by atoms with Crippen LogP contribution in [0.1, 0.15) is 50.3 Å². The standard InChI is InChI=1S/C24H27N7/c1-4-6-11-22-25-23(17(3)5-2)28-31(22)16-18-12-14-19(15-13-18)20-9-7-8-10-21(20)24-26-29-30-27-24/h4,6-10,12-15,17H,5,11,16H2,1-3H3,(H,26,27,29,30)/b6-4+. The highest BCUT2D eigenvalue weighted by Gasteiger charge is 2.15. The Balaban J connectivity index is 1.60. The van der Waals surface area contributed by atoms with Gasteiger partial charge in [-0.1, -0.05) is 74.5 Å². The van der Waals surface area contributed by atoms with Crippen molar-refractivity contribution in [3.05, 3.63) is 77.9 Å². The quantitative estimate of drug-likeness (QED) is 0.419. The van der Waals surface area contributed by atoms with Gasteiger partial charge in [0.15, 0.2) is 5.82 Å². The van der Waals surface area contributed by atoms with Crippen LogP contribution in [0.5, 0.6) is 0 Å². The number of benzene rings is 2. The highest BCUT2D eigenvalue weighted by molar-refractivity contribution is 5.80. The van der Waals surface area contributed by atoms with Gasteiger partial charge in [0, 0.05) is 17.9 Å². The molecule has 1 unspecified atom stereocenters. The molecule has 2 aromatic heterocycles. The Hall–Kier alpha value is -3.61. The maximum absolute atomic E-state index is 4.80. The zero-order chi connectivity index (χ0) is 21.6. The molecule has 0 aliphatic carbocycles. The number of H-pyrrole nitrogens is 1. The number of rotatable bonds is 8. The van der Waals surface area contributed by atoms with E-state index in [1.54, 1.807) is 0 Å². The van der Waals surface area contributed by atoms with E-state index in [0.717, 1.165) is 41.2 Å². The highest BCUT2D eigenvalue weighted by Crippen LogP contribution is 2.29. The molecule has 1 atom stereocenters. The molecule has 7 nitrogen and oxygen atoms in total. The Morgan fingerprint density at radius 2 is 1.84 bits per heavy atom. The fourth-order valence-corrected chi connectivity index (χ4v) is 3.45. The van der Waals surface area contributed by atoms with Gasteiger partial charge in [-0.2, -0.15) is 10.3 Å². The second kappa shape index (κ2) is 9.47. The van der Waals surface area contributed by atoms with Crippen molar-refractivity contribution in [2.75, 3.05) is 0 Å². The van der Waals surface area contributed by atoms with E-state index < -0.39 is 0 Å². The Morgan fingerprint density at radius 1 is 1.06 bits per heavy atom. The number of aromatic amines is 1. The average Bonchev–Trinajstić information content (AvgIpc) is 3.48. The zero-order valence-corrected chi connectivity index (χ0v) is 18.2. The van der Waals surface area contributed by atoms with Gasteiger partial charge in [0.25, 0.3) is 0 Å². The van der Waals surface area contributed by atoms with Crippen molar-refractivity contribution < 1.29 is 0 Å². The molecular weight excluding hydrogens is 386 g/mol. The lowest BCUT2D eigenvalue weighted by Gasteiger charge is -2.09. The Labute approximate surface area is 182 Å². The van der Waals surface area contributed by atoms with Crippen LogP contribution in [0.25, 0.3) is 22.5 Å². The van der Waals surface area contributed by atoms with E-state index in [9.17, 15) is 0 Å². The first-order chi connectivity index (χ1) is 15.2. The maximum atomic E-state index is 4.80. The number of nitrogens with one attached hydrogen (secondary N) is 1. The molecule has 0 fully saturated rings. The molecule has 0 amide bonds. The summed E-state index contributed by atoms with van der Waals surface area (Å²) >= 11 is 0. The zero-order valence-electron chi connectivity index (χ0n) is 18.2. The van der Waals surface area contributed by atoms with Gasteiger partial charge in [-0.3, -0.25) is 0 Å². The fourth-order valence-electron chi connectivity index (χ4n) is 3.45. The number of nitrogens with zero attached hydrogens (tertiary/aromatic N) is 6. The minimum atomic E-state index is 0.356. The predicted molar refractivity (Wildman–Crippen MR) is 121 cm³/mol. The molecule has 4 rings (SSSR count). The van der Waals surface area contributed by atoms with Crippen molar-refractivity contribution in [1.82, 2.24) is 35.4 Å². The second-order valence-corrected chi connectivity index (χ2v) is 7.60. The molecule has 158 valence electrons. The molecule has 0 bridgehead atoms. The lowest BCUT2D eigenvalue weighted by molar-refractivity contribution is 0.618. The van der Waals surface area contributed by atoms with E-state index in [2.05, 4.69) is 77.0 Å². The summed E-state index contributed by atoms with van der Waals surface area (Å²) in [6, 6.07) is 16.6. The van der Waals surface area contributed by atoms with Gasteiger partial charge in [0.2, 0.25) is 5.82 Å². The summed E-state index contributed by atoms with van der Waals surface area (Å²) in [6.45, 7) is 7.07. The van der Waals surface area contributed by atoms with E-state index in [-0.39, 0.29) is 0 Å². The molecule has 0 radical (unpaired) electrons. The third-order valence-electron chi connectivity index (χ3n) is 5.46. The van der Waals surface area contributed by atoms with E-state index in [4.69, 9.17) is 10.1 Å². The maximum Gasteiger partial charge on any atom is 0.205 e. The first-order valence-corrected chi connectivity index (χ1v) is 10.7. The predicted octanol–water partition coefficient (Wildman–Crippen LogP) is 4.81. The van der Waals surface area contributed by atoms with Gasteiger partial charge < -0.3 is 0 Å².